The minimum atomic E-state index is -0.285. The number of nitro groups is 1. The lowest BCUT2D eigenvalue weighted by Gasteiger charge is -2.33. The van der Waals surface area contributed by atoms with E-state index in [-0.39, 0.29) is 14.7 Å². The number of hydrogen-bond acceptors (Lipinski definition) is 4. The van der Waals surface area contributed by atoms with Gasteiger partial charge in [-0.25, -0.2) is 0 Å². The van der Waals surface area contributed by atoms with E-state index in [2.05, 4.69) is 0 Å². The molecule has 17 heavy (non-hydrogen) atoms. The summed E-state index contributed by atoms with van der Waals surface area (Å²) in [5.41, 5.74) is 2.76. The van der Waals surface area contributed by atoms with Crippen LogP contribution in [0.4, 0.5) is 5.69 Å². The Kier molecular flexibility index (Phi) is 2.83. The summed E-state index contributed by atoms with van der Waals surface area (Å²) in [5.74, 6) is 2.32. The minimum Gasteiger partial charge on any atom is -0.258 e. The van der Waals surface area contributed by atoms with Crippen LogP contribution in [0.2, 0.25) is 0 Å². The largest absolute Gasteiger partial charge is 0.269 e. The number of hydrogen-bond donors (Lipinski definition) is 0. The van der Waals surface area contributed by atoms with Gasteiger partial charge in [-0.1, -0.05) is 6.07 Å². The normalized spacial score (nSPS) is 21.4. The average Bonchev–Trinajstić information content (AvgIpc) is 2.78. The van der Waals surface area contributed by atoms with Crippen molar-refractivity contribution in [3.8, 4) is 0 Å². The van der Waals surface area contributed by atoms with E-state index >= 15 is 0 Å². The lowest BCUT2D eigenvalue weighted by molar-refractivity contribution is -0.384. The molecule has 5 heteroatoms. The molecule has 0 bridgehead atoms. The molecule has 0 amide bonds. The number of nitrogens with zero attached hydrogens (tertiary/aromatic N) is 1. The SMILES string of the molecule is O=[N+]([O-])c1ccc2c(c1)C1(CCC2)SCCS1. The predicted octanol–water partition coefficient (Wildman–Crippen LogP) is 3.56. The van der Waals surface area contributed by atoms with Gasteiger partial charge >= 0.3 is 0 Å². The van der Waals surface area contributed by atoms with E-state index in [4.69, 9.17) is 0 Å². The summed E-state index contributed by atoms with van der Waals surface area (Å²) in [7, 11) is 0. The molecule has 2 aliphatic rings. The molecule has 1 spiro atoms. The molecule has 3 nitrogen and oxygen atoms in total. The standard InChI is InChI=1S/C12H13NO2S2/c14-13(15)10-4-3-9-2-1-5-12(11(9)8-10)16-6-7-17-12/h3-4,8H,1-2,5-7H2. The topological polar surface area (TPSA) is 43.1 Å². The van der Waals surface area contributed by atoms with Crippen LogP contribution in [0, 0.1) is 10.1 Å². The Bertz CT molecular complexity index is 470. The van der Waals surface area contributed by atoms with Crippen molar-refractivity contribution >= 4 is 29.2 Å². The van der Waals surface area contributed by atoms with Gasteiger partial charge in [-0.3, -0.25) is 10.1 Å². The summed E-state index contributed by atoms with van der Waals surface area (Å²) in [4.78, 5) is 10.6. The molecule has 1 fully saturated rings. The molecule has 0 atom stereocenters. The fourth-order valence-electron chi connectivity index (χ4n) is 2.65. The number of aryl methyl sites for hydroxylation is 1. The smallest absolute Gasteiger partial charge is 0.258 e. The summed E-state index contributed by atoms with van der Waals surface area (Å²) in [5, 5.41) is 10.9. The number of thioether (sulfide) groups is 2. The number of non-ortho nitro benzene ring substituents is 1. The molecule has 0 saturated carbocycles. The maximum atomic E-state index is 10.9. The minimum absolute atomic E-state index is 0.111. The van der Waals surface area contributed by atoms with E-state index in [1.165, 1.54) is 17.5 Å². The van der Waals surface area contributed by atoms with Crippen LogP contribution < -0.4 is 0 Å². The van der Waals surface area contributed by atoms with Gasteiger partial charge in [-0.15, -0.1) is 23.5 Å². The van der Waals surface area contributed by atoms with Gasteiger partial charge in [0, 0.05) is 23.6 Å². The van der Waals surface area contributed by atoms with E-state index in [0.29, 0.717) is 0 Å². The first-order valence-corrected chi connectivity index (χ1v) is 7.74. The Labute approximate surface area is 109 Å². The molecule has 1 aromatic rings. The molecule has 1 saturated heterocycles. The van der Waals surface area contributed by atoms with Crippen molar-refractivity contribution in [2.45, 2.75) is 23.3 Å². The van der Waals surface area contributed by atoms with E-state index < -0.39 is 0 Å². The molecule has 0 aromatic heterocycles. The summed E-state index contributed by atoms with van der Waals surface area (Å²) < 4.78 is 0.111. The number of rotatable bonds is 1. The lowest BCUT2D eigenvalue weighted by Crippen LogP contribution is -2.21. The lowest BCUT2D eigenvalue weighted by atomic mass is 9.90. The highest BCUT2D eigenvalue weighted by Crippen LogP contribution is 2.58. The molecule has 0 unspecified atom stereocenters. The molecule has 0 N–H and O–H groups in total. The van der Waals surface area contributed by atoms with Gasteiger partial charge in [0.05, 0.1) is 9.00 Å². The van der Waals surface area contributed by atoms with Crippen LogP contribution in [0.3, 0.4) is 0 Å². The Morgan fingerprint density at radius 1 is 1.29 bits per heavy atom. The highest BCUT2D eigenvalue weighted by atomic mass is 32.2. The van der Waals surface area contributed by atoms with Gasteiger partial charge in [0.15, 0.2) is 0 Å². The van der Waals surface area contributed by atoms with Crippen LogP contribution in [0.15, 0.2) is 18.2 Å². The summed E-state index contributed by atoms with van der Waals surface area (Å²) in [6, 6.07) is 5.40. The van der Waals surface area contributed by atoms with Gasteiger partial charge < -0.3 is 0 Å². The second-order valence-electron chi connectivity index (χ2n) is 4.40. The molecular formula is C12H13NO2S2. The number of fused-ring (bicyclic) bond motifs is 2. The third kappa shape index (κ3) is 1.85. The molecular weight excluding hydrogens is 254 g/mol. The highest BCUT2D eigenvalue weighted by Gasteiger charge is 2.41. The van der Waals surface area contributed by atoms with Crippen LogP contribution in [-0.4, -0.2) is 16.4 Å². The van der Waals surface area contributed by atoms with Gasteiger partial charge in [-0.2, -0.15) is 0 Å². The maximum absolute atomic E-state index is 10.9. The number of nitro benzene ring substituents is 1. The monoisotopic (exact) mass is 267 g/mol. The van der Waals surface area contributed by atoms with Crippen LogP contribution in [-0.2, 0) is 10.5 Å². The Hall–Kier alpha value is -0.680. The first-order chi connectivity index (χ1) is 8.21. The van der Waals surface area contributed by atoms with Gasteiger partial charge in [0.2, 0.25) is 0 Å². The first kappa shape index (κ1) is 11.4. The predicted molar refractivity (Wildman–Crippen MR) is 72.6 cm³/mol. The van der Waals surface area contributed by atoms with Crippen molar-refractivity contribution < 1.29 is 4.92 Å². The van der Waals surface area contributed by atoms with Crippen molar-refractivity contribution in [2.75, 3.05) is 11.5 Å². The quantitative estimate of drug-likeness (QED) is 0.576. The zero-order chi connectivity index (χ0) is 11.9. The van der Waals surface area contributed by atoms with Crippen molar-refractivity contribution in [1.29, 1.82) is 0 Å². The zero-order valence-corrected chi connectivity index (χ0v) is 11.0. The maximum Gasteiger partial charge on any atom is 0.269 e. The highest BCUT2D eigenvalue weighted by molar-refractivity contribution is 8.20. The van der Waals surface area contributed by atoms with Crippen molar-refractivity contribution in [2.24, 2.45) is 0 Å². The van der Waals surface area contributed by atoms with E-state index in [0.717, 1.165) is 24.3 Å². The van der Waals surface area contributed by atoms with Crippen LogP contribution in [0.25, 0.3) is 0 Å². The Morgan fingerprint density at radius 2 is 2.06 bits per heavy atom. The molecule has 1 heterocycles. The fraction of sp³-hybridized carbons (Fsp3) is 0.500. The molecule has 90 valence electrons. The molecule has 1 aliphatic carbocycles. The van der Waals surface area contributed by atoms with Crippen molar-refractivity contribution in [3.63, 3.8) is 0 Å². The zero-order valence-electron chi connectivity index (χ0n) is 9.35. The van der Waals surface area contributed by atoms with Gasteiger partial charge in [0.1, 0.15) is 0 Å². The molecule has 1 aliphatic heterocycles. The second kappa shape index (κ2) is 4.21. The summed E-state index contributed by atoms with van der Waals surface area (Å²) in [6.07, 6.45) is 3.41. The molecule has 1 aromatic carbocycles. The molecule has 0 radical (unpaired) electrons. The summed E-state index contributed by atoms with van der Waals surface area (Å²) in [6.45, 7) is 0. The van der Waals surface area contributed by atoms with Gasteiger partial charge in [-0.05, 0) is 30.4 Å². The van der Waals surface area contributed by atoms with Gasteiger partial charge in [0.25, 0.3) is 5.69 Å². The van der Waals surface area contributed by atoms with Crippen LogP contribution in [0.1, 0.15) is 24.0 Å². The van der Waals surface area contributed by atoms with E-state index in [1.54, 1.807) is 12.1 Å². The third-order valence-electron chi connectivity index (χ3n) is 3.42. The van der Waals surface area contributed by atoms with Crippen molar-refractivity contribution in [3.05, 3.63) is 39.4 Å². The average molecular weight is 267 g/mol. The number of benzene rings is 1. The third-order valence-corrected chi connectivity index (χ3v) is 6.98. The van der Waals surface area contributed by atoms with E-state index in [1.807, 2.05) is 29.6 Å². The van der Waals surface area contributed by atoms with Crippen LogP contribution >= 0.6 is 23.5 Å². The molecule has 3 rings (SSSR count). The first-order valence-electron chi connectivity index (χ1n) is 5.77. The second-order valence-corrected chi connectivity index (χ2v) is 7.45. The fourth-order valence-corrected chi connectivity index (χ4v) is 6.08. The van der Waals surface area contributed by atoms with Crippen molar-refractivity contribution in [1.82, 2.24) is 0 Å². The Morgan fingerprint density at radius 3 is 2.76 bits per heavy atom. The Balaban J connectivity index is 2.11. The van der Waals surface area contributed by atoms with Crippen LogP contribution in [0.5, 0.6) is 0 Å². The van der Waals surface area contributed by atoms with E-state index in [9.17, 15) is 10.1 Å². The summed E-state index contributed by atoms with van der Waals surface area (Å²) >= 11 is 3.94.